The minimum atomic E-state index is -0.176. The normalized spacial score (nSPS) is 14.0. The van der Waals surface area contributed by atoms with E-state index in [2.05, 4.69) is 16.0 Å². The van der Waals surface area contributed by atoms with Crippen LogP contribution in [0.3, 0.4) is 0 Å². The highest BCUT2D eigenvalue weighted by Crippen LogP contribution is 2.19. The predicted octanol–water partition coefficient (Wildman–Crippen LogP) is 3.82. The van der Waals surface area contributed by atoms with Gasteiger partial charge in [0.2, 0.25) is 5.91 Å². The Balaban J connectivity index is 1.45. The molecule has 7 heteroatoms. The number of amides is 2. The zero-order chi connectivity index (χ0) is 21.9. The molecule has 0 heterocycles. The van der Waals surface area contributed by atoms with Gasteiger partial charge in [0.05, 0.1) is 13.2 Å². The molecule has 0 spiro atoms. The van der Waals surface area contributed by atoms with Crippen molar-refractivity contribution >= 4 is 23.2 Å². The van der Waals surface area contributed by atoms with E-state index in [0.717, 1.165) is 24.3 Å². The second-order valence-electron chi connectivity index (χ2n) is 7.66. The molecule has 0 aromatic heterocycles. The monoisotopic (exact) mass is 425 g/mol. The van der Waals surface area contributed by atoms with E-state index in [1.807, 2.05) is 12.1 Å². The summed E-state index contributed by atoms with van der Waals surface area (Å²) < 4.78 is 10.5. The van der Waals surface area contributed by atoms with E-state index in [1.165, 1.54) is 19.3 Å². The first-order chi connectivity index (χ1) is 15.1. The van der Waals surface area contributed by atoms with Gasteiger partial charge in [0.1, 0.15) is 12.4 Å². The fourth-order valence-electron chi connectivity index (χ4n) is 3.55. The highest BCUT2D eigenvalue weighted by Gasteiger charge is 2.16. The minimum Gasteiger partial charge on any atom is -0.491 e. The van der Waals surface area contributed by atoms with Gasteiger partial charge in [-0.1, -0.05) is 25.3 Å². The maximum Gasteiger partial charge on any atom is 0.251 e. The van der Waals surface area contributed by atoms with E-state index in [4.69, 9.17) is 9.47 Å². The predicted molar refractivity (Wildman–Crippen MR) is 122 cm³/mol. The first kappa shape index (κ1) is 22.6. The Morgan fingerprint density at radius 3 is 2.48 bits per heavy atom. The van der Waals surface area contributed by atoms with Crippen LogP contribution in [0.2, 0.25) is 0 Å². The van der Waals surface area contributed by atoms with E-state index in [9.17, 15) is 9.59 Å². The van der Waals surface area contributed by atoms with E-state index >= 15 is 0 Å². The highest BCUT2D eigenvalue weighted by atomic mass is 16.5. The van der Waals surface area contributed by atoms with Gasteiger partial charge in [-0.15, -0.1) is 0 Å². The molecule has 0 aliphatic heterocycles. The summed E-state index contributed by atoms with van der Waals surface area (Å²) >= 11 is 0. The smallest absolute Gasteiger partial charge is 0.251 e. The summed E-state index contributed by atoms with van der Waals surface area (Å²) in [4.78, 5) is 24.8. The van der Waals surface area contributed by atoms with Gasteiger partial charge in [0.25, 0.3) is 5.91 Å². The lowest BCUT2D eigenvalue weighted by molar-refractivity contribution is -0.114. The van der Waals surface area contributed by atoms with Crippen molar-refractivity contribution in [1.29, 1.82) is 0 Å². The molecule has 3 N–H and O–H groups in total. The summed E-state index contributed by atoms with van der Waals surface area (Å²) in [5.41, 5.74) is 2.01. The Kier molecular flexibility index (Phi) is 8.72. The second-order valence-corrected chi connectivity index (χ2v) is 7.66. The molecule has 1 aliphatic carbocycles. The zero-order valence-corrected chi connectivity index (χ0v) is 18.0. The van der Waals surface area contributed by atoms with Crippen molar-refractivity contribution in [2.24, 2.45) is 0 Å². The van der Waals surface area contributed by atoms with Crippen molar-refractivity contribution in [3.8, 4) is 5.75 Å². The summed E-state index contributed by atoms with van der Waals surface area (Å²) in [6, 6.07) is 14.7. The number of benzene rings is 2. The SMILES string of the molecule is COCCOc1ccc(NC(=O)CNc2cccc(C(=O)NC3CCCCC3)c2)cc1. The standard InChI is InChI=1S/C24H31N3O4/c1-30-14-15-31-22-12-10-20(11-13-22)26-23(28)17-25-21-9-5-6-18(16-21)24(29)27-19-7-3-2-4-8-19/h5-6,9-13,16,19,25H,2-4,7-8,14-15,17H2,1H3,(H,26,28)(H,27,29). The first-order valence-electron chi connectivity index (χ1n) is 10.8. The third-order valence-electron chi connectivity index (χ3n) is 5.21. The van der Waals surface area contributed by atoms with Gasteiger partial charge in [0, 0.05) is 30.1 Å². The average Bonchev–Trinajstić information content (AvgIpc) is 2.80. The molecular formula is C24H31N3O4. The van der Waals surface area contributed by atoms with E-state index in [-0.39, 0.29) is 24.4 Å². The molecule has 1 aliphatic rings. The molecule has 0 radical (unpaired) electrons. The van der Waals surface area contributed by atoms with Crippen LogP contribution in [0.5, 0.6) is 5.75 Å². The summed E-state index contributed by atoms with van der Waals surface area (Å²) in [5, 5.41) is 9.03. The van der Waals surface area contributed by atoms with Crippen molar-refractivity contribution in [1.82, 2.24) is 5.32 Å². The Hall–Kier alpha value is -3.06. The molecule has 2 aromatic rings. The Morgan fingerprint density at radius 1 is 0.968 bits per heavy atom. The van der Waals surface area contributed by atoms with Gasteiger partial charge in [-0.25, -0.2) is 0 Å². The highest BCUT2D eigenvalue weighted by molar-refractivity contribution is 5.96. The molecule has 0 bridgehead atoms. The van der Waals surface area contributed by atoms with Crippen LogP contribution in [-0.2, 0) is 9.53 Å². The topological polar surface area (TPSA) is 88.7 Å². The van der Waals surface area contributed by atoms with Crippen LogP contribution < -0.4 is 20.7 Å². The van der Waals surface area contributed by atoms with Crippen LogP contribution in [0.25, 0.3) is 0 Å². The lowest BCUT2D eigenvalue weighted by atomic mass is 9.95. The van der Waals surface area contributed by atoms with Gasteiger partial charge in [-0.2, -0.15) is 0 Å². The van der Waals surface area contributed by atoms with Crippen molar-refractivity contribution in [2.45, 2.75) is 38.1 Å². The molecule has 166 valence electrons. The van der Waals surface area contributed by atoms with Crippen molar-refractivity contribution < 1.29 is 19.1 Å². The first-order valence-corrected chi connectivity index (χ1v) is 10.8. The number of ether oxygens (including phenoxy) is 2. The Labute approximate surface area is 183 Å². The zero-order valence-electron chi connectivity index (χ0n) is 18.0. The quantitative estimate of drug-likeness (QED) is 0.504. The fraction of sp³-hybridized carbons (Fsp3) is 0.417. The summed E-state index contributed by atoms with van der Waals surface area (Å²) in [5.74, 6) is 0.481. The van der Waals surface area contributed by atoms with E-state index < -0.39 is 0 Å². The molecule has 1 fully saturated rings. The minimum absolute atomic E-state index is 0.0622. The summed E-state index contributed by atoms with van der Waals surface area (Å²) in [6.07, 6.45) is 5.69. The largest absolute Gasteiger partial charge is 0.491 e. The van der Waals surface area contributed by atoms with Crippen LogP contribution in [0.4, 0.5) is 11.4 Å². The number of methoxy groups -OCH3 is 1. The number of nitrogens with one attached hydrogen (secondary N) is 3. The molecule has 31 heavy (non-hydrogen) atoms. The molecule has 2 aromatic carbocycles. The second kappa shape index (κ2) is 12.0. The Morgan fingerprint density at radius 2 is 1.74 bits per heavy atom. The number of hydrogen-bond donors (Lipinski definition) is 3. The lowest BCUT2D eigenvalue weighted by Crippen LogP contribution is -2.36. The van der Waals surface area contributed by atoms with Gasteiger partial charge in [-0.3, -0.25) is 9.59 Å². The van der Waals surface area contributed by atoms with Crippen LogP contribution in [0.1, 0.15) is 42.5 Å². The van der Waals surface area contributed by atoms with Gasteiger partial charge >= 0.3 is 0 Å². The molecule has 0 atom stereocenters. The third kappa shape index (κ3) is 7.61. The fourth-order valence-corrected chi connectivity index (χ4v) is 3.55. The van der Waals surface area contributed by atoms with Gasteiger partial charge in [-0.05, 0) is 55.3 Å². The van der Waals surface area contributed by atoms with Crippen LogP contribution in [0.15, 0.2) is 48.5 Å². The average molecular weight is 426 g/mol. The lowest BCUT2D eigenvalue weighted by Gasteiger charge is -2.22. The Bertz CT molecular complexity index is 848. The van der Waals surface area contributed by atoms with Crippen molar-refractivity contribution in [2.75, 3.05) is 37.5 Å². The maximum absolute atomic E-state index is 12.5. The number of carbonyl (C=O) groups is 2. The molecule has 1 saturated carbocycles. The number of rotatable bonds is 10. The van der Waals surface area contributed by atoms with Gasteiger partial charge < -0.3 is 25.4 Å². The third-order valence-corrected chi connectivity index (χ3v) is 5.21. The van der Waals surface area contributed by atoms with Crippen molar-refractivity contribution in [3.63, 3.8) is 0 Å². The van der Waals surface area contributed by atoms with Crippen LogP contribution >= 0.6 is 0 Å². The molecule has 0 saturated heterocycles. The number of carbonyl (C=O) groups excluding carboxylic acids is 2. The molecule has 3 rings (SSSR count). The van der Waals surface area contributed by atoms with Crippen LogP contribution in [0, 0.1) is 0 Å². The molecule has 7 nitrogen and oxygen atoms in total. The van der Waals surface area contributed by atoms with E-state index in [1.54, 1.807) is 43.5 Å². The summed E-state index contributed by atoms with van der Waals surface area (Å²) in [6.45, 7) is 1.09. The van der Waals surface area contributed by atoms with Crippen molar-refractivity contribution in [3.05, 3.63) is 54.1 Å². The molecular weight excluding hydrogens is 394 g/mol. The maximum atomic E-state index is 12.5. The summed E-state index contributed by atoms with van der Waals surface area (Å²) in [7, 11) is 1.62. The number of anilines is 2. The molecule has 0 unspecified atom stereocenters. The van der Waals surface area contributed by atoms with Gasteiger partial charge in [0.15, 0.2) is 0 Å². The number of hydrogen-bond acceptors (Lipinski definition) is 5. The molecule has 2 amide bonds. The van der Waals surface area contributed by atoms with E-state index in [0.29, 0.717) is 24.5 Å². The van der Waals surface area contributed by atoms with Crippen LogP contribution in [-0.4, -0.2) is 44.7 Å².